The number of carbonyl (C=O) groups excluding carboxylic acids is 1. The molecule has 0 bridgehead atoms. The number of rotatable bonds is 12. The number of aromatic nitrogens is 2. The van der Waals surface area contributed by atoms with E-state index in [1.54, 1.807) is 4.90 Å². The molecule has 0 atom stereocenters. The smallest absolute Gasteiger partial charge is 0.410 e. The monoisotopic (exact) mass is 696 g/mol. The zero-order valence-electron chi connectivity index (χ0n) is 31.7. The maximum Gasteiger partial charge on any atom is 0.410 e. The van der Waals surface area contributed by atoms with E-state index in [2.05, 4.69) is 65.5 Å². The van der Waals surface area contributed by atoms with E-state index >= 15 is 0 Å². The molecule has 0 aliphatic carbocycles. The molecule has 0 radical (unpaired) electrons. The number of piperidine rings is 2. The van der Waals surface area contributed by atoms with Gasteiger partial charge >= 0.3 is 6.09 Å². The number of unbranched alkanes of at least 4 members (excludes halogenated alkanes) is 4. The molecule has 0 saturated carbocycles. The van der Waals surface area contributed by atoms with E-state index in [1.807, 2.05) is 45.3 Å². The van der Waals surface area contributed by atoms with Gasteiger partial charge in [0.1, 0.15) is 40.3 Å². The molecule has 4 aromatic rings. The number of ether oxygens (including phenoxy) is 3. The highest BCUT2D eigenvalue weighted by molar-refractivity contribution is 5.86. The Bertz CT molecular complexity index is 1670. The van der Waals surface area contributed by atoms with Crippen LogP contribution in [0, 0.1) is 0 Å². The number of aryl methyl sites for hydroxylation is 2. The van der Waals surface area contributed by atoms with E-state index < -0.39 is 5.60 Å². The summed E-state index contributed by atoms with van der Waals surface area (Å²) in [6.07, 6.45) is 17.2. The Hall–Kier alpha value is -3.91. The summed E-state index contributed by atoms with van der Waals surface area (Å²) >= 11 is 0. The number of nitrogens with one attached hydrogen (secondary N) is 1. The van der Waals surface area contributed by atoms with Crippen molar-refractivity contribution in [2.24, 2.45) is 0 Å². The Morgan fingerprint density at radius 1 is 0.745 bits per heavy atom. The molecule has 8 nitrogen and oxygen atoms in total. The van der Waals surface area contributed by atoms with Crippen LogP contribution in [0.1, 0.15) is 110 Å². The van der Waals surface area contributed by atoms with E-state index in [9.17, 15) is 4.79 Å². The lowest BCUT2D eigenvalue weighted by molar-refractivity contribution is 0.0127. The van der Waals surface area contributed by atoms with Crippen LogP contribution in [0.3, 0.4) is 0 Å². The molecule has 2 saturated heterocycles. The summed E-state index contributed by atoms with van der Waals surface area (Å²) in [6.45, 7) is 13.6. The Kier molecular flexibility index (Phi) is 14.3. The molecule has 2 aromatic carbocycles. The molecule has 51 heavy (non-hydrogen) atoms. The number of fused-ring (bicyclic) bond motifs is 2. The van der Waals surface area contributed by atoms with Crippen molar-refractivity contribution in [3.8, 4) is 11.5 Å². The fraction of sp³-hybridized carbons (Fsp3) is 0.558. The average molecular weight is 697 g/mol. The standard InChI is InChI=1S/C24H34N2O3.C19H26N2O/c1-5-6-7-9-18-16-19-10-8-13-25-22(19)21(17-18)28-20-11-14-26(15-12-20)23(27)29-24(2,3)4;1-2-3-4-6-15-13-16-7-5-10-21-19(16)18(14-15)22-17-8-11-20-12-9-17/h8,10,13,16-17,20H,5-7,9,11-12,14-15H2,1-4H3;5,7,10,13-14,17,20H,2-4,6,8-9,11-12H2,1H3. The molecule has 2 aliphatic heterocycles. The fourth-order valence-corrected chi connectivity index (χ4v) is 6.82. The van der Waals surface area contributed by atoms with Crippen LogP contribution in [0.25, 0.3) is 21.8 Å². The zero-order chi connectivity index (χ0) is 36.1. The summed E-state index contributed by atoms with van der Waals surface area (Å²) in [4.78, 5) is 23.2. The third-order valence-corrected chi connectivity index (χ3v) is 9.56. The first-order valence-electron chi connectivity index (χ1n) is 19.5. The summed E-state index contributed by atoms with van der Waals surface area (Å²) in [6, 6.07) is 17.1. The van der Waals surface area contributed by atoms with Crippen molar-refractivity contribution < 1.29 is 19.0 Å². The van der Waals surface area contributed by atoms with Gasteiger partial charge in [0, 0.05) is 49.1 Å². The molecule has 6 rings (SSSR count). The largest absolute Gasteiger partial charge is 0.488 e. The summed E-state index contributed by atoms with van der Waals surface area (Å²) < 4.78 is 18.2. The molecule has 8 heteroatoms. The highest BCUT2D eigenvalue weighted by Gasteiger charge is 2.28. The van der Waals surface area contributed by atoms with Gasteiger partial charge in [0.05, 0.1) is 0 Å². The number of hydrogen-bond acceptors (Lipinski definition) is 7. The fourth-order valence-electron chi connectivity index (χ4n) is 6.82. The predicted molar refractivity (Wildman–Crippen MR) is 208 cm³/mol. The van der Waals surface area contributed by atoms with Crippen LogP contribution in [0.4, 0.5) is 4.79 Å². The van der Waals surface area contributed by atoms with Crippen LogP contribution in [-0.2, 0) is 17.6 Å². The van der Waals surface area contributed by atoms with Gasteiger partial charge in [0.15, 0.2) is 0 Å². The first-order valence-corrected chi connectivity index (χ1v) is 19.5. The van der Waals surface area contributed by atoms with Crippen LogP contribution in [0.15, 0.2) is 60.9 Å². The Balaban J connectivity index is 0.000000205. The molecule has 0 spiro atoms. The molecule has 2 aromatic heterocycles. The minimum Gasteiger partial charge on any atom is -0.488 e. The Morgan fingerprint density at radius 3 is 1.71 bits per heavy atom. The van der Waals surface area contributed by atoms with Crippen molar-refractivity contribution in [1.82, 2.24) is 20.2 Å². The van der Waals surface area contributed by atoms with Gasteiger partial charge < -0.3 is 24.4 Å². The van der Waals surface area contributed by atoms with E-state index in [0.29, 0.717) is 19.2 Å². The molecule has 1 amide bonds. The second kappa shape index (κ2) is 19.1. The summed E-state index contributed by atoms with van der Waals surface area (Å²) in [5, 5.41) is 5.71. The zero-order valence-corrected chi connectivity index (χ0v) is 31.7. The molecule has 2 fully saturated rings. The van der Waals surface area contributed by atoms with Crippen LogP contribution in [0.5, 0.6) is 11.5 Å². The van der Waals surface area contributed by atoms with Crippen LogP contribution < -0.4 is 14.8 Å². The Labute approximate surface area is 305 Å². The third kappa shape index (κ3) is 11.8. The van der Waals surface area contributed by atoms with Gasteiger partial charge in [0.25, 0.3) is 0 Å². The van der Waals surface area contributed by atoms with Crippen molar-refractivity contribution in [3.63, 3.8) is 0 Å². The van der Waals surface area contributed by atoms with E-state index in [-0.39, 0.29) is 12.2 Å². The van der Waals surface area contributed by atoms with E-state index in [4.69, 9.17) is 14.2 Å². The first-order chi connectivity index (χ1) is 24.7. The Morgan fingerprint density at radius 2 is 1.24 bits per heavy atom. The number of pyridine rings is 2. The SMILES string of the molecule is CCCCCc1cc(OC2CCN(C(=O)OC(C)(C)C)CC2)c2ncccc2c1.CCCCCc1cc(OC2CCNCC2)c2ncccc2c1. The summed E-state index contributed by atoms with van der Waals surface area (Å²) in [7, 11) is 0. The molecule has 0 unspecified atom stereocenters. The number of benzene rings is 2. The number of nitrogens with zero attached hydrogens (tertiary/aromatic N) is 3. The maximum atomic E-state index is 12.3. The molecule has 276 valence electrons. The van der Waals surface area contributed by atoms with Gasteiger partial charge in [-0.25, -0.2) is 4.79 Å². The van der Waals surface area contributed by atoms with Crippen molar-refractivity contribution in [2.45, 2.75) is 129 Å². The topological polar surface area (TPSA) is 85.8 Å². The van der Waals surface area contributed by atoms with Gasteiger partial charge in [0.2, 0.25) is 0 Å². The number of carbonyl (C=O) groups is 1. The van der Waals surface area contributed by atoms with Gasteiger partial charge in [-0.3, -0.25) is 9.97 Å². The van der Waals surface area contributed by atoms with E-state index in [1.165, 1.54) is 55.0 Å². The van der Waals surface area contributed by atoms with Crippen LogP contribution in [0.2, 0.25) is 0 Å². The van der Waals surface area contributed by atoms with Crippen molar-refractivity contribution in [3.05, 3.63) is 72.1 Å². The van der Waals surface area contributed by atoms with E-state index in [0.717, 1.165) is 79.5 Å². The molecule has 4 heterocycles. The molecular formula is C43H60N4O4. The van der Waals surface area contributed by atoms with Gasteiger partial charge in [-0.15, -0.1) is 0 Å². The molecule has 1 N–H and O–H groups in total. The van der Waals surface area contributed by atoms with Gasteiger partial charge in [-0.1, -0.05) is 51.7 Å². The number of likely N-dealkylation sites (tertiary alicyclic amines) is 1. The van der Waals surface area contributed by atoms with Gasteiger partial charge in [-0.2, -0.15) is 0 Å². The predicted octanol–water partition coefficient (Wildman–Crippen LogP) is 9.84. The van der Waals surface area contributed by atoms with Crippen molar-refractivity contribution in [2.75, 3.05) is 26.2 Å². The lowest BCUT2D eigenvalue weighted by atomic mass is 10.0. The first kappa shape index (κ1) is 38.3. The minimum absolute atomic E-state index is 0.0878. The highest BCUT2D eigenvalue weighted by atomic mass is 16.6. The minimum atomic E-state index is -0.465. The van der Waals surface area contributed by atoms with Crippen molar-refractivity contribution >= 4 is 27.9 Å². The lowest BCUT2D eigenvalue weighted by Crippen LogP contribution is -2.44. The van der Waals surface area contributed by atoms with Gasteiger partial charge in [-0.05, 0) is 120 Å². The van der Waals surface area contributed by atoms with Crippen molar-refractivity contribution in [1.29, 1.82) is 0 Å². The number of hydrogen-bond donors (Lipinski definition) is 1. The molecular weight excluding hydrogens is 636 g/mol. The second-order valence-electron chi connectivity index (χ2n) is 15.1. The highest BCUT2D eigenvalue weighted by Crippen LogP contribution is 2.31. The average Bonchev–Trinajstić information content (AvgIpc) is 3.12. The van der Waals surface area contributed by atoms with Crippen LogP contribution >= 0.6 is 0 Å². The summed E-state index contributed by atoms with van der Waals surface area (Å²) in [5.74, 6) is 1.84. The second-order valence-corrected chi connectivity index (χ2v) is 15.1. The summed E-state index contributed by atoms with van der Waals surface area (Å²) in [5.41, 5.74) is 4.13. The van der Waals surface area contributed by atoms with Crippen LogP contribution in [-0.4, -0.2) is 64.9 Å². The quantitative estimate of drug-likeness (QED) is 0.148. The third-order valence-electron chi connectivity index (χ3n) is 9.56. The normalized spacial score (nSPS) is 15.7. The maximum absolute atomic E-state index is 12.3. The lowest BCUT2D eigenvalue weighted by Gasteiger charge is -2.33. The number of amides is 1. The molecule has 2 aliphatic rings.